The van der Waals surface area contributed by atoms with Gasteiger partial charge in [0.2, 0.25) is 0 Å². The Morgan fingerprint density at radius 2 is 1.69 bits per heavy atom. The van der Waals surface area contributed by atoms with E-state index in [1.165, 1.54) is 12.1 Å². The van der Waals surface area contributed by atoms with Crippen molar-refractivity contribution in [3.63, 3.8) is 0 Å². The van der Waals surface area contributed by atoms with Crippen molar-refractivity contribution in [2.45, 2.75) is 10.6 Å². The van der Waals surface area contributed by atoms with Crippen LogP contribution in [0.15, 0.2) is 18.2 Å². The van der Waals surface area contributed by atoms with E-state index < -0.39 is 10.6 Å². The van der Waals surface area contributed by atoms with E-state index in [1.54, 1.807) is 6.07 Å². The van der Waals surface area contributed by atoms with Crippen molar-refractivity contribution in [3.05, 3.63) is 23.8 Å². The molecule has 1 aliphatic rings. The van der Waals surface area contributed by atoms with Crippen molar-refractivity contribution in [2.75, 3.05) is 0 Å². The van der Waals surface area contributed by atoms with E-state index in [-0.39, 0.29) is 17.1 Å². The van der Waals surface area contributed by atoms with Gasteiger partial charge in [-0.15, -0.1) is 0 Å². The second-order valence-electron chi connectivity index (χ2n) is 3.01. The van der Waals surface area contributed by atoms with Gasteiger partial charge in [-0.2, -0.15) is 14.0 Å². The topological polar surface area (TPSA) is 42.2 Å². The average Bonchev–Trinajstić information content (AvgIpc) is 2.18. The lowest BCUT2D eigenvalue weighted by Gasteiger charge is -2.34. The van der Waals surface area contributed by atoms with Crippen molar-refractivity contribution in [1.29, 1.82) is 5.26 Å². The molecule has 1 aliphatic heterocycles. The van der Waals surface area contributed by atoms with Gasteiger partial charge in [-0.3, -0.25) is 0 Å². The molecule has 0 amide bonds. The molecule has 3 nitrogen and oxygen atoms in total. The van der Waals surface area contributed by atoms with Gasteiger partial charge in [0.05, 0.1) is 11.6 Å². The van der Waals surface area contributed by atoms with Crippen LogP contribution in [0.2, 0.25) is 0 Å². The van der Waals surface area contributed by atoms with Crippen molar-refractivity contribution in [3.8, 4) is 17.6 Å². The van der Waals surface area contributed by atoms with E-state index >= 15 is 0 Å². The van der Waals surface area contributed by atoms with Crippen molar-refractivity contribution >= 4 is 23.2 Å². The van der Waals surface area contributed by atoms with Gasteiger partial charge in [-0.1, -0.05) is 0 Å². The Hall–Kier alpha value is -1.25. The highest BCUT2D eigenvalue weighted by atomic mass is 35.5. The minimum absolute atomic E-state index is 0.134. The van der Waals surface area contributed by atoms with Crippen LogP contribution in [0.1, 0.15) is 5.56 Å². The van der Waals surface area contributed by atoms with Crippen LogP contribution in [-0.4, -0.2) is 10.6 Å². The maximum Gasteiger partial charge on any atom is 0.414 e. The molecule has 2 rings (SSSR count). The number of benzene rings is 1. The summed E-state index contributed by atoms with van der Waals surface area (Å²) in [6, 6.07) is 5.54. The van der Waals surface area contributed by atoms with Crippen LogP contribution < -0.4 is 9.47 Å². The lowest BCUT2D eigenvalue weighted by atomic mass is 10.2. The predicted molar refractivity (Wildman–Crippen MR) is 51.8 cm³/mol. The van der Waals surface area contributed by atoms with Crippen LogP contribution in [0.5, 0.6) is 11.5 Å². The molecular weight excluding hydrogens is 263 g/mol. The summed E-state index contributed by atoms with van der Waals surface area (Å²) in [4.78, 5) is 0. The van der Waals surface area contributed by atoms with Gasteiger partial charge >= 0.3 is 10.6 Å². The van der Waals surface area contributed by atoms with E-state index in [0.29, 0.717) is 0 Å². The fraction of sp³-hybridized carbons (Fsp3) is 0.222. The van der Waals surface area contributed by atoms with Gasteiger partial charge in [0.25, 0.3) is 0 Å². The second-order valence-corrected chi connectivity index (χ2v) is 3.98. The highest BCUT2D eigenvalue weighted by molar-refractivity contribution is 6.32. The molecule has 0 bridgehead atoms. The smallest absolute Gasteiger partial charge is 0.414 e. The zero-order valence-corrected chi connectivity index (χ0v) is 9.02. The number of ether oxygens (including phenoxy) is 2. The monoisotopic (exact) mass is 265 g/mol. The third kappa shape index (κ3) is 1.64. The maximum absolute atomic E-state index is 13.4. The molecule has 2 atom stereocenters. The molecule has 1 heterocycles. The average molecular weight is 266 g/mol. The largest absolute Gasteiger partial charge is 0.435 e. The number of fused-ring (bicyclic) bond motifs is 1. The second kappa shape index (κ2) is 3.37. The lowest BCUT2D eigenvalue weighted by molar-refractivity contribution is -0.180. The highest BCUT2D eigenvalue weighted by Crippen LogP contribution is 2.49. The van der Waals surface area contributed by atoms with Crippen LogP contribution in [0, 0.1) is 11.3 Å². The SMILES string of the molecule is N#Cc1ccc2c(c1)OC(F)(Cl)C(F)(Cl)O2. The highest BCUT2D eigenvalue weighted by Gasteiger charge is 2.60. The van der Waals surface area contributed by atoms with E-state index in [2.05, 4.69) is 9.47 Å². The van der Waals surface area contributed by atoms with Crippen LogP contribution in [-0.2, 0) is 0 Å². The van der Waals surface area contributed by atoms with Gasteiger partial charge < -0.3 is 9.47 Å². The molecular formula is C9H3Cl2F2NO2. The first-order valence-electron chi connectivity index (χ1n) is 4.03. The van der Waals surface area contributed by atoms with E-state index in [1.807, 2.05) is 0 Å². The summed E-state index contributed by atoms with van der Waals surface area (Å²) >= 11 is 10.2. The van der Waals surface area contributed by atoms with E-state index in [9.17, 15) is 8.78 Å². The summed E-state index contributed by atoms with van der Waals surface area (Å²) in [5.41, 5.74) is 0.191. The number of halogens is 4. The number of nitriles is 1. The number of hydrogen-bond donors (Lipinski definition) is 0. The molecule has 0 aliphatic carbocycles. The summed E-state index contributed by atoms with van der Waals surface area (Å²) in [6.07, 6.45) is 0. The third-order valence-electron chi connectivity index (χ3n) is 1.89. The first kappa shape index (κ1) is 11.2. The van der Waals surface area contributed by atoms with Gasteiger partial charge in [-0.05, 0) is 35.3 Å². The molecule has 0 spiro atoms. The first-order chi connectivity index (χ1) is 7.36. The van der Waals surface area contributed by atoms with Crippen molar-refractivity contribution in [1.82, 2.24) is 0 Å². The maximum atomic E-state index is 13.4. The molecule has 1 aromatic carbocycles. The molecule has 0 fully saturated rings. The normalized spacial score (nSPS) is 31.9. The standard InChI is InChI=1S/C9H3Cl2F2NO2/c10-8(12)9(11,13)16-7-3-5(4-14)1-2-6(7)15-8/h1-3H. The van der Waals surface area contributed by atoms with E-state index in [0.717, 1.165) is 6.07 Å². The summed E-state index contributed by atoms with van der Waals surface area (Å²) in [5.74, 6) is -0.323. The zero-order chi connectivity index (χ0) is 12.0. The minimum Gasteiger partial charge on any atom is -0.435 e. The van der Waals surface area contributed by atoms with Crippen LogP contribution in [0.4, 0.5) is 8.78 Å². The van der Waals surface area contributed by atoms with Gasteiger partial charge in [0, 0.05) is 6.07 Å². The fourth-order valence-electron chi connectivity index (χ4n) is 1.14. The summed E-state index contributed by atoms with van der Waals surface area (Å²) in [6.45, 7) is 0. The molecule has 84 valence electrons. The summed E-state index contributed by atoms with van der Waals surface area (Å²) in [5, 5.41) is 1.92. The number of nitrogens with zero attached hydrogens (tertiary/aromatic N) is 1. The molecule has 7 heteroatoms. The Morgan fingerprint density at radius 3 is 2.25 bits per heavy atom. The fourth-order valence-corrected chi connectivity index (χ4v) is 1.38. The zero-order valence-electron chi connectivity index (χ0n) is 7.51. The van der Waals surface area contributed by atoms with Gasteiger partial charge in [0.15, 0.2) is 11.5 Å². The molecule has 0 saturated carbocycles. The summed E-state index contributed by atoms with van der Waals surface area (Å²) < 4.78 is 35.7. The van der Waals surface area contributed by atoms with Gasteiger partial charge in [0.1, 0.15) is 0 Å². The van der Waals surface area contributed by atoms with Crippen molar-refractivity contribution < 1.29 is 18.3 Å². The lowest BCUT2D eigenvalue weighted by Crippen LogP contribution is -2.50. The Labute approximate surface area is 99.1 Å². The Morgan fingerprint density at radius 1 is 1.12 bits per heavy atom. The van der Waals surface area contributed by atoms with E-state index in [4.69, 9.17) is 28.5 Å². The number of alkyl halides is 4. The van der Waals surface area contributed by atoms with Crippen molar-refractivity contribution in [2.24, 2.45) is 0 Å². The first-order valence-corrected chi connectivity index (χ1v) is 4.79. The molecule has 16 heavy (non-hydrogen) atoms. The summed E-state index contributed by atoms with van der Waals surface area (Å²) in [7, 11) is 0. The Kier molecular flexibility index (Phi) is 2.37. The van der Waals surface area contributed by atoms with Crippen LogP contribution >= 0.6 is 23.2 Å². The minimum atomic E-state index is -3.35. The van der Waals surface area contributed by atoms with Crippen LogP contribution in [0.3, 0.4) is 0 Å². The van der Waals surface area contributed by atoms with Gasteiger partial charge in [-0.25, -0.2) is 0 Å². The number of rotatable bonds is 0. The quantitative estimate of drug-likeness (QED) is 0.678. The predicted octanol–water partition coefficient (Wildman–Crippen LogP) is 3.05. The molecule has 0 radical (unpaired) electrons. The number of hydrogen-bond acceptors (Lipinski definition) is 3. The Bertz CT molecular complexity index is 485. The van der Waals surface area contributed by atoms with Crippen LogP contribution in [0.25, 0.3) is 0 Å². The molecule has 1 aromatic rings. The Balaban J connectivity index is 2.48. The third-order valence-corrected chi connectivity index (χ3v) is 2.63. The molecule has 0 saturated heterocycles. The molecule has 2 unspecified atom stereocenters. The molecule has 0 aromatic heterocycles. The molecule has 0 N–H and O–H groups in total.